The van der Waals surface area contributed by atoms with Gasteiger partial charge in [0.25, 0.3) is 5.91 Å². The Morgan fingerprint density at radius 3 is 2.55 bits per heavy atom. The second kappa shape index (κ2) is 5.46. The molecule has 1 amide bonds. The average Bonchev–Trinajstić information content (AvgIpc) is 2.36. The number of aromatic nitrogens is 1. The van der Waals surface area contributed by atoms with Gasteiger partial charge in [-0.3, -0.25) is 4.79 Å². The minimum atomic E-state index is -1.48. The van der Waals surface area contributed by atoms with Crippen molar-refractivity contribution in [3.63, 3.8) is 0 Å². The van der Waals surface area contributed by atoms with Crippen molar-refractivity contribution in [3.8, 4) is 0 Å². The highest BCUT2D eigenvalue weighted by molar-refractivity contribution is 6.34. The summed E-state index contributed by atoms with van der Waals surface area (Å²) in [5.41, 5.74) is -1.22. The first-order valence-electron chi connectivity index (χ1n) is 5.16. The van der Waals surface area contributed by atoms with Crippen LogP contribution in [0.1, 0.15) is 10.4 Å². The Morgan fingerprint density at radius 2 is 1.90 bits per heavy atom. The summed E-state index contributed by atoms with van der Waals surface area (Å²) in [4.78, 5) is 14.7. The molecule has 3 nitrogen and oxygen atoms in total. The summed E-state index contributed by atoms with van der Waals surface area (Å²) in [5, 5.41) is 1.53. The van der Waals surface area contributed by atoms with Crippen LogP contribution in [0, 0.1) is 23.4 Å². The van der Waals surface area contributed by atoms with Gasteiger partial charge >= 0.3 is 0 Å². The molecule has 0 aliphatic heterocycles. The van der Waals surface area contributed by atoms with Crippen molar-refractivity contribution in [2.45, 2.75) is 0 Å². The van der Waals surface area contributed by atoms with Gasteiger partial charge in [-0.2, -0.15) is 4.39 Å². The van der Waals surface area contributed by atoms with E-state index in [-0.39, 0.29) is 0 Å². The minimum absolute atomic E-state index is 0.411. The van der Waals surface area contributed by atoms with Crippen LogP contribution in [0.4, 0.5) is 23.2 Å². The van der Waals surface area contributed by atoms with Gasteiger partial charge in [-0.25, -0.2) is 18.2 Å². The first kappa shape index (κ1) is 14.3. The quantitative estimate of drug-likeness (QED) is 0.681. The van der Waals surface area contributed by atoms with Crippen LogP contribution in [-0.4, -0.2) is 10.9 Å². The Kier molecular flexibility index (Phi) is 3.89. The molecule has 1 N–H and O–H groups in total. The maximum Gasteiger partial charge on any atom is 0.258 e. The molecule has 20 heavy (non-hydrogen) atoms. The number of halogens is 5. The third kappa shape index (κ3) is 2.72. The lowest BCUT2D eigenvalue weighted by atomic mass is 10.2. The molecule has 0 fully saturated rings. The number of nitrogens with zero attached hydrogens (tertiary/aromatic N) is 1. The maximum atomic E-state index is 13.4. The third-order valence-electron chi connectivity index (χ3n) is 2.34. The second-order valence-electron chi connectivity index (χ2n) is 3.66. The van der Waals surface area contributed by atoms with Gasteiger partial charge in [-0.15, -0.1) is 0 Å². The molecular formula is C12H5ClF4N2O. The van der Waals surface area contributed by atoms with E-state index in [2.05, 4.69) is 4.98 Å². The summed E-state index contributed by atoms with van der Waals surface area (Å²) in [6.07, 6.45) is 0.871. The van der Waals surface area contributed by atoms with E-state index in [0.29, 0.717) is 6.07 Å². The molecular weight excluding hydrogens is 300 g/mol. The predicted octanol–water partition coefficient (Wildman–Crippen LogP) is 3.54. The van der Waals surface area contributed by atoms with E-state index in [1.165, 1.54) is 0 Å². The van der Waals surface area contributed by atoms with Crippen molar-refractivity contribution in [2.75, 3.05) is 5.32 Å². The predicted molar refractivity (Wildman–Crippen MR) is 63.5 cm³/mol. The fourth-order valence-electron chi connectivity index (χ4n) is 1.44. The van der Waals surface area contributed by atoms with Gasteiger partial charge in [-0.05, 0) is 12.1 Å². The van der Waals surface area contributed by atoms with Crippen LogP contribution < -0.4 is 5.32 Å². The van der Waals surface area contributed by atoms with E-state index in [0.717, 1.165) is 18.3 Å². The number of nitrogens with one attached hydrogen (secondary N) is 1. The molecule has 0 atom stereocenters. The second-order valence-corrected chi connectivity index (χ2v) is 4.07. The zero-order chi connectivity index (χ0) is 14.9. The van der Waals surface area contributed by atoms with Crippen LogP contribution in [0.25, 0.3) is 0 Å². The Bertz CT molecular complexity index is 670. The number of carbonyl (C=O) groups is 1. The number of hydrogen-bond donors (Lipinski definition) is 1. The fraction of sp³-hybridized carbons (Fsp3) is 0. The van der Waals surface area contributed by atoms with Gasteiger partial charge < -0.3 is 5.32 Å². The van der Waals surface area contributed by atoms with E-state index in [4.69, 9.17) is 11.6 Å². The van der Waals surface area contributed by atoms with Gasteiger partial charge in [0.05, 0.1) is 16.3 Å². The fourth-order valence-corrected chi connectivity index (χ4v) is 1.68. The Morgan fingerprint density at radius 1 is 1.20 bits per heavy atom. The molecule has 104 valence electrons. The van der Waals surface area contributed by atoms with E-state index in [1.54, 1.807) is 0 Å². The highest BCUT2D eigenvalue weighted by Gasteiger charge is 2.19. The molecule has 0 bridgehead atoms. The summed E-state index contributed by atoms with van der Waals surface area (Å²) < 4.78 is 52.5. The van der Waals surface area contributed by atoms with Crippen LogP contribution >= 0.6 is 11.6 Å². The van der Waals surface area contributed by atoms with Crippen LogP contribution in [0.3, 0.4) is 0 Å². The van der Waals surface area contributed by atoms with Crippen molar-refractivity contribution in [2.24, 2.45) is 0 Å². The first-order chi connectivity index (χ1) is 9.40. The minimum Gasteiger partial charge on any atom is -0.318 e. The molecule has 0 unspecified atom stereocenters. The molecule has 2 rings (SSSR count). The van der Waals surface area contributed by atoms with Gasteiger partial charge in [0.1, 0.15) is 5.82 Å². The standard InChI is InChI=1S/C12H5ClF4N2O/c13-7-3-5(14)4-8(15)10(7)19-12(20)6-1-2-18-11(17)9(6)16/h1-4H,(H,19,20). The molecule has 0 spiro atoms. The number of hydrogen-bond acceptors (Lipinski definition) is 2. The zero-order valence-electron chi connectivity index (χ0n) is 9.55. The number of anilines is 1. The molecule has 1 aromatic carbocycles. The summed E-state index contributed by atoms with van der Waals surface area (Å²) >= 11 is 5.56. The zero-order valence-corrected chi connectivity index (χ0v) is 10.3. The van der Waals surface area contributed by atoms with Crippen molar-refractivity contribution in [1.82, 2.24) is 4.98 Å². The normalized spacial score (nSPS) is 10.4. The third-order valence-corrected chi connectivity index (χ3v) is 2.63. The maximum absolute atomic E-state index is 13.4. The van der Waals surface area contributed by atoms with E-state index in [1.807, 2.05) is 5.32 Å². The summed E-state index contributed by atoms with van der Waals surface area (Å²) in [5.74, 6) is -6.17. The van der Waals surface area contributed by atoms with Gasteiger partial charge in [0.2, 0.25) is 5.95 Å². The van der Waals surface area contributed by atoms with Crippen LogP contribution in [-0.2, 0) is 0 Å². The largest absolute Gasteiger partial charge is 0.318 e. The monoisotopic (exact) mass is 304 g/mol. The number of amides is 1. The first-order valence-corrected chi connectivity index (χ1v) is 5.54. The van der Waals surface area contributed by atoms with E-state index >= 15 is 0 Å². The molecule has 0 saturated carbocycles. The lowest BCUT2D eigenvalue weighted by molar-refractivity contribution is 0.102. The number of carbonyl (C=O) groups excluding carboxylic acids is 1. The number of benzene rings is 1. The van der Waals surface area contributed by atoms with E-state index < -0.39 is 45.6 Å². The average molecular weight is 305 g/mol. The van der Waals surface area contributed by atoms with Crippen molar-refractivity contribution < 1.29 is 22.4 Å². The summed E-state index contributed by atoms with van der Waals surface area (Å²) in [6, 6.07) is 2.16. The molecule has 2 aromatic rings. The smallest absolute Gasteiger partial charge is 0.258 e. The molecule has 0 aliphatic rings. The lowest BCUT2D eigenvalue weighted by Gasteiger charge is -2.09. The molecule has 0 saturated heterocycles. The number of rotatable bonds is 2. The molecule has 0 aliphatic carbocycles. The van der Waals surface area contributed by atoms with Gasteiger partial charge in [0.15, 0.2) is 11.6 Å². The Balaban J connectivity index is 2.36. The lowest BCUT2D eigenvalue weighted by Crippen LogP contribution is -2.16. The molecule has 0 radical (unpaired) electrons. The van der Waals surface area contributed by atoms with Crippen molar-refractivity contribution in [1.29, 1.82) is 0 Å². The highest BCUT2D eigenvalue weighted by atomic mass is 35.5. The molecule has 8 heteroatoms. The van der Waals surface area contributed by atoms with Crippen LogP contribution in [0.5, 0.6) is 0 Å². The van der Waals surface area contributed by atoms with Gasteiger partial charge in [0, 0.05) is 12.3 Å². The van der Waals surface area contributed by atoms with Gasteiger partial charge in [-0.1, -0.05) is 11.6 Å². The SMILES string of the molecule is O=C(Nc1c(F)cc(F)cc1Cl)c1ccnc(F)c1F. The highest BCUT2D eigenvalue weighted by Crippen LogP contribution is 2.27. The van der Waals surface area contributed by atoms with Crippen molar-refractivity contribution >= 4 is 23.2 Å². The van der Waals surface area contributed by atoms with E-state index in [9.17, 15) is 22.4 Å². The summed E-state index contributed by atoms with van der Waals surface area (Å²) in [7, 11) is 0. The molecule has 1 aromatic heterocycles. The Labute approximate surface area is 115 Å². The summed E-state index contributed by atoms with van der Waals surface area (Å²) in [6.45, 7) is 0. The Hall–Kier alpha value is -2.15. The molecule has 1 heterocycles. The van der Waals surface area contributed by atoms with Crippen molar-refractivity contribution in [3.05, 3.63) is 58.4 Å². The van der Waals surface area contributed by atoms with Crippen LogP contribution in [0.15, 0.2) is 24.4 Å². The van der Waals surface area contributed by atoms with Crippen LogP contribution in [0.2, 0.25) is 5.02 Å². The number of pyridine rings is 1. The topological polar surface area (TPSA) is 42.0 Å².